The van der Waals surface area contributed by atoms with Crippen LogP contribution in [0, 0.1) is 6.92 Å². The molecule has 0 unspecified atom stereocenters. The number of benzene rings is 6. The predicted molar refractivity (Wildman–Crippen MR) is 210 cm³/mol. The van der Waals surface area contributed by atoms with Crippen molar-refractivity contribution >= 4 is 35.2 Å². The van der Waals surface area contributed by atoms with Crippen molar-refractivity contribution in [2.24, 2.45) is 7.05 Å². The Bertz CT molecular complexity index is 2450. The van der Waals surface area contributed by atoms with E-state index in [1.165, 1.54) is 44.1 Å². The van der Waals surface area contributed by atoms with Gasteiger partial charge < -0.3 is 4.42 Å². The molecule has 0 aliphatic heterocycles. The van der Waals surface area contributed by atoms with Crippen LogP contribution in [0.25, 0.3) is 77.7 Å². The van der Waals surface area contributed by atoms with E-state index in [9.17, 15) is 0 Å². The van der Waals surface area contributed by atoms with Gasteiger partial charge in [-0.2, -0.15) is 0 Å². The predicted octanol–water partition coefficient (Wildman–Crippen LogP) is 11.6. The molecule has 8 aromatic rings. The minimum atomic E-state index is -1.71. The van der Waals surface area contributed by atoms with Crippen LogP contribution in [0.3, 0.4) is 0 Å². The first-order valence-corrected chi connectivity index (χ1v) is 20.6. The Morgan fingerprint density at radius 2 is 1.00 bits per heavy atom. The molecule has 3 heteroatoms. The number of pyridine rings is 1. The van der Waals surface area contributed by atoms with Crippen molar-refractivity contribution in [3.05, 3.63) is 157 Å². The van der Waals surface area contributed by atoms with Crippen molar-refractivity contribution in [1.82, 2.24) is 0 Å². The molecule has 49 heavy (non-hydrogen) atoms. The maximum absolute atomic E-state index is 6.90. The largest absolute Gasteiger partial charge is 0.454 e. The molecule has 8 rings (SSSR count). The van der Waals surface area contributed by atoms with Crippen LogP contribution in [0.5, 0.6) is 0 Å². The lowest BCUT2D eigenvalue weighted by molar-refractivity contribution is -0.659. The molecule has 6 aromatic carbocycles. The molecule has 238 valence electrons. The van der Waals surface area contributed by atoms with Gasteiger partial charge in [0.15, 0.2) is 6.20 Å². The summed E-state index contributed by atoms with van der Waals surface area (Å²) in [5.41, 5.74) is 15.1. The maximum Gasteiger partial charge on any atom is 0.216 e. The number of aromatic nitrogens is 1. The van der Waals surface area contributed by atoms with E-state index < -0.39 is 8.07 Å². The molecule has 0 atom stereocenters. The highest BCUT2D eigenvalue weighted by molar-refractivity contribution is 6.89. The Labute approximate surface area is 290 Å². The number of hydrogen-bond acceptors (Lipinski definition) is 1. The Balaban J connectivity index is 1.25. The van der Waals surface area contributed by atoms with Gasteiger partial charge in [0.25, 0.3) is 0 Å². The number of rotatable bonds is 6. The number of fused-ring (bicyclic) bond motifs is 3. The first-order valence-electron chi connectivity index (χ1n) is 17.1. The van der Waals surface area contributed by atoms with Gasteiger partial charge in [0.1, 0.15) is 18.2 Å². The molecule has 0 aliphatic carbocycles. The highest BCUT2D eigenvalue weighted by atomic mass is 28.3. The van der Waals surface area contributed by atoms with Crippen LogP contribution >= 0.6 is 0 Å². The van der Waals surface area contributed by atoms with Gasteiger partial charge in [0.2, 0.25) is 5.69 Å². The molecule has 2 aromatic heterocycles. The zero-order chi connectivity index (χ0) is 33.7. The van der Waals surface area contributed by atoms with Crippen LogP contribution in [0.1, 0.15) is 5.56 Å². The Hall–Kier alpha value is -5.51. The Kier molecular flexibility index (Phi) is 7.65. The van der Waals surface area contributed by atoms with Gasteiger partial charge in [-0.15, -0.1) is 0 Å². The molecule has 0 fully saturated rings. The standard InChI is InChI=1S/C46H40NOSi/c1-31-19-28-40-39-18-12-17-38(36-15-10-7-11-16-36)45(39)48-46(40)44(31)42-29-41(43(30-47(42)2)49(3,4)5)37-26-24-35(25-27-37)34-22-20-33(21-23-34)32-13-8-6-9-14-32/h6-30H,1-5H3/q+1. The topological polar surface area (TPSA) is 17.0 Å². The number of para-hydroxylation sites is 1. The second kappa shape index (κ2) is 12.2. The molecule has 0 saturated carbocycles. The van der Waals surface area contributed by atoms with Gasteiger partial charge in [0.05, 0.1) is 13.6 Å². The van der Waals surface area contributed by atoms with E-state index in [4.69, 9.17) is 4.42 Å². The van der Waals surface area contributed by atoms with E-state index in [0.29, 0.717) is 0 Å². The SMILES string of the molecule is Cc1ccc2c(oc3c(-c4ccccc4)cccc32)c1-c1cc(-c2ccc(-c3ccc(-c4ccccc4)cc3)cc2)c([Si](C)(C)C)c[n+]1C. The van der Waals surface area contributed by atoms with Gasteiger partial charge in [-0.3, -0.25) is 0 Å². The summed E-state index contributed by atoms with van der Waals surface area (Å²) in [6, 6.07) is 52.5. The Morgan fingerprint density at radius 3 is 1.59 bits per heavy atom. The molecule has 0 N–H and O–H groups in total. The van der Waals surface area contributed by atoms with Crippen LogP contribution < -0.4 is 9.75 Å². The van der Waals surface area contributed by atoms with Crippen molar-refractivity contribution in [2.75, 3.05) is 0 Å². The highest BCUT2D eigenvalue weighted by Gasteiger charge is 2.29. The first-order chi connectivity index (χ1) is 23.8. The molecular formula is C46H40NOSi+. The molecule has 0 spiro atoms. The van der Waals surface area contributed by atoms with Crippen LogP contribution in [0.2, 0.25) is 19.6 Å². The molecule has 0 amide bonds. The fraction of sp³-hybridized carbons (Fsp3) is 0.109. The van der Waals surface area contributed by atoms with Gasteiger partial charge >= 0.3 is 0 Å². The zero-order valence-corrected chi connectivity index (χ0v) is 29.8. The minimum absolute atomic E-state index is 0.935. The van der Waals surface area contributed by atoms with Crippen LogP contribution in [0.4, 0.5) is 0 Å². The third-order valence-corrected chi connectivity index (χ3v) is 11.8. The van der Waals surface area contributed by atoms with Gasteiger partial charge in [0, 0.05) is 27.6 Å². The summed E-state index contributed by atoms with van der Waals surface area (Å²) in [5, 5.41) is 3.73. The number of aryl methyl sites for hydroxylation is 2. The second-order valence-corrected chi connectivity index (χ2v) is 19.2. The lowest BCUT2D eigenvalue weighted by atomic mass is 9.96. The fourth-order valence-electron chi connectivity index (χ4n) is 7.19. The highest BCUT2D eigenvalue weighted by Crippen LogP contribution is 2.41. The first kappa shape index (κ1) is 30.8. The van der Waals surface area contributed by atoms with Crippen LogP contribution in [-0.4, -0.2) is 8.07 Å². The molecule has 0 radical (unpaired) electrons. The van der Waals surface area contributed by atoms with E-state index in [0.717, 1.165) is 44.3 Å². The number of nitrogens with zero attached hydrogens (tertiary/aromatic N) is 1. The van der Waals surface area contributed by atoms with Crippen molar-refractivity contribution in [2.45, 2.75) is 26.6 Å². The molecular weight excluding hydrogens is 611 g/mol. The van der Waals surface area contributed by atoms with Gasteiger partial charge in [-0.25, -0.2) is 4.57 Å². The monoisotopic (exact) mass is 650 g/mol. The second-order valence-electron chi connectivity index (χ2n) is 14.2. The normalized spacial score (nSPS) is 11.8. The number of hydrogen-bond donors (Lipinski definition) is 0. The summed E-state index contributed by atoms with van der Waals surface area (Å²) >= 11 is 0. The summed E-state index contributed by atoms with van der Waals surface area (Å²) in [6.45, 7) is 9.50. The fourth-order valence-corrected chi connectivity index (χ4v) is 8.79. The van der Waals surface area contributed by atoms with Crippen molar-refractivity contribution in [1.29, 1.82) is 0 Å². The summed E-state index contributed by atoms with van der Waals surface area (Å²) in [4.78, 5) is 0. The zero-order valence-electron chi connectivity index (χ0n) is 28.8. The summed E-state index contributed by atoms with van der Waals surface area (Å²) in [7, 11) is 0.467. The van der Waals surface area contributed by atoms with Crippen molar-refractivity contribution < 1.29 is 8.98 Å². The number of furan rings is 1. The molecule has 2 nitrogen and oxygen atoms in total. The van der Waals surface area contributed by atoms with Gasteiger partial charge in [-0.05, 0) is 51.4 Å². The van der Waals surface area contributed by atoms with Crippen LogP contribution in [-0.2, 0) is 7.05 Å². The van der Waals surface area contributed by atoms with E-state index >= 15 is 0 Å². The molecule has 2 heterocycles. The smallest absolute Gasteiger partial charge is 0.216 e. The quantitative estimate of drug-likeness (QED) is 0.129. The van der Waals surface area contributed by atoms with E-state index in [1.54, 1.807) is 0 Å². The summed E-state index contributed by atoms with van der Waals surface area (Å²) in [6.07, 6.45) is 2.38. The average molecular weight is 651 g/mol. The van der Waals surface area contributed by atoms with Crippen molar-refractivity contribution in [3.63, 3.8) is 0 Å². The third kappa shape index (κ3) is 5.60. The maximum atomic E-state index is 6.90. The average Bonchev–Trinajstić information content (AvgIpc) is 3.51. The van der Waals surface area contributed by atoms with Crippen LogP contribution in [0.15, 0.2) is 156 Å². The molecule has 0 saturated heterocycles. The Morgan fingerprint density at radius 1 is 0.490 bits per heavy atom. The lowest BCUT2D eigenvalue weighted by Gasteiger charge is -2.21. The van der Waals surface area contributed by atoms with Gasteiger partial charge in [-0.1, -0.05) is 159 Å². The third-order valence-electron chi connectivity index (χ3n) is 9.82. The summed E-state index contributed by atoms with van der Waals surface area (Å²) in [5.74, 6) is 0. The van der Waals surface area contributed by atoms with E-state index in [1.807, 2.05) is 0 Å². The molecule has 0 bridgehead atoms. The van der Waals surface area contributed by atoms with E-state index in [2.05, 4.69) is 190 Å². The molecule has 0 aliphatic rings. The minimum Gasteiger partial charge on any atom is -0.454 e. The van der Waals surface area contributed by atoms with Crippen molar-refractivity contribution in [3.8, 4) is 55.8 Å². The summed E-state index contributed by atoms with van der Waals surface area (Å²) < 4.78 is 9.21. The lowest BCUT2D eigenvalue weighted by Crippen LogP contribution is -2.46. The van der Waals surface area contributed by atoms with E-state index in [-0.39, 0.29) is 0 Å².